The molecule has 118 valence electrons. The lowest BCUT2D eigenvalue weighted by Gasteiger charge is -2.33. The molecule has 2 aliphatic heterocycles. The first-order valence-corrected chi connectivity index (χ1v) is 9.13. The van der Waals surface area contributed by atoms with Gasteiger partial charge in [0.15, 0.2) is 0 Å². The molecule has 0 bridgehead atoms. The lowest BCUT2D eigenvalue weighted by Crippen LogP contribution is -2.44. The van der Waals surface area contributed by atoms with E-state index < -0.39 is 0 Å². The molecule has 3 heterocycles. The van der Waals surface area contributed by atoms with Crippen LogP contribution in [-0.2, 0) is 0 Å². The number of anilines is 1. The molecule has 5 heteroatoms. The van der Waals surface area contributed by atoms with Crippen molar-refractivity contribution in [3.8, 4) is 0 Å². The molecule has 1 aromatic heterocycles. The van der Waals surface area contributed by atoms with E-state index in [0.29, 0.717) is 5.92 Å². The zero-order chi connectivity index (χ0) is 15.4. The summed E-state index contributed by atoms with van der Waals surface area (Å²) in [5, 5.41) is 1.14. The lowest BCUT2D eigenvalue weighted by atomic mass is 10.1. The fraction of sp³-hybridized carbons (Fsp3) is 0.444. The Morgan fingerprint density at radius 3 is 2.83 bits per heavy atom. The summed E-state index contributed by atoms with van der Waals surface area (Å²) >= 11 is 1.83. The Morgan fingerprint density at radius 2 is 2.09 bits per heavy atom. The first kappa shape index (κ1) is 13.8. The molecule has 2 unspecified atom stereocenters. The number of aromatic nitrogens is 1. The molecule has 4 nitrogen and oxygen atoms in total. The summed E-state index contributed by atoms with van der Waals surface area (Å²) in [6, 6.07) is 4.34. The van der Waals surface area contributed by atoms with Crippen molar-refractivity contribution in [2.75, 3.05) is 38.1 Å². The number of hydrogen-bond acceptors (Lipinski definition) is 5. The molecular formula is C18H20N4S. The maximum atomic E-state index is 5.04. The van der Waals surface area contributed by atoms with Gasteiger partial charge in [0, 0.05) is 48.8 Å². The first-order valence-electron chi connectivity index (χ1n) is 8.31. The highest BCUT2D eigenvalue weighted by Crippen LogP contribution is 2.62. The predicted octanol–water partition coefficient (Wildman–Crippen LogP) is 2.54. The van der Waals surface area contributed by atoms with Gasteiger partial charge in [-0.1, -0.05) is 30.0 Å². The van der Waals surface area contributed by atoms with E-state index in [1.165, 1.54) is 11.3 Å². The van der Waals surface area contributed by atoms with E-state index in [1.54, 1.807) is 0 Å². The van der Waals surface area contributed by atoms with Crippen LogP contribution in [0, 0.1) is 5.92 Å². The van der Waals surface area contributed by atoms with Crippen LogP contribution in [0.1, 0.15) is 12.0 Å². The summed E-state index contributed by atoms with van der Waals surface area (Å²) in [6.45, 7) is 4.33. The summed E-state index contributed by atoms with van der Waals surface area (Å²) in [4.78, 5) is 15.9. The van der Waals surface area contributed by atoms with Crippen LogP contribution < -0.4 is 4.90 Å². The van der Waals surface area contributed by atoms with Crippen LogP contribution >= 0.6 is 11.8 Å². The van der Waals surface area contributed by atoms with E-state index in [9.17, 15) is 0 Å². The minimum absolute atomic E-state index is 0.102. The highest BCUT2D eigenvalue weighted by molar-refractivity contribution is 8.18. The van der Waals surface area contributed by atoms with Crippen LogP contribution in [0.4, 0.5) is 5.82 Å². The molecule has 1 saturated carbocycles. The summed E-state index contributed by atoms with van der Waals surface area (Å²) < 4.78 is 0. The molecule has 0 radical (unpaired) electrons. The zero-order valence-electron chi connectivity index (χ0n) is 13.3. The smallest absolute Gasteiger partial charge is 0.128 e. The number of allylic oxidation sites excluding steroid dienone is 2. The second-order valence-corrected chi connectivity index (χ2v) is 7.90. The number of piperazine rings is 1. The monoisotopic (exact) mass is 324 g/mol. The molecule has 1 saturated heterocycles. The van der Waals surface area contributed by atoms with E-state index in [0.717, 1.165) is 42.6 Å². The number of pyridine rings is 1. The van der Waals surface area contributed by atoms with Crippen molar-refractivity contribution in [1.82, 2.24) is 9.88 Å². The number of aliphatic imine (C=N–C) groups is 1. The molecule has 0 N–H and O–H groups in total. The van der Waals surface area contributed by atoms with Crippen molar-refractivity contribution in [3.05, 3.63) is 47.0 Å². The molecule has 4 aliphatic rings. The van der Waals surface area contributed by atoms with Gasteiger partial charge in [-0.05, 0) is 25.6 Å². The standard InChI is InChI=1S/C18H20N4S/c1-21-7-9-22(10-8-21)16-6-5-13(12-19-16)17-20-18-11-14(18)3-2-4-15(18)23-17/h2-6,12,14H,7-11H2,1H3. The Bertz CT molecular complexity index is 728. The Kier molecular flexibility index (Phi) is 2.97. The van der Waals surface area contributed by atoms with Gasteiger partial charge in [-0.25, -0.2) is 4.98 Å². The van der Waals surface area contributed by atoms with E-state index in [-0.39, 0.29) is 5.54 Å². The molecule has 2 atom stereocenters. The molecule has 0 amide bonds. The molecule has 2 fully saturated rings. The SMILES string of the molecule is CN1CCN(c2ccc(C3=NC45CC4C=CC=C5S3)cn2)CC1. The van der Waals surface area contributed by atoms with Crippen molar-refractivity contribution >= 4 is 22.6 Å². The normalized spacial score (nSPS) is 32.2. The van der Waals surface area contributed by atoms with Gasteiger partial charge >= 0.3 is 0 Å². The average molecular weight is 324 g/mol. The zero-order valence-corrected chi connectivity index (χ0v) is 14.1. The van der Waals surface area contributed by atoms with Gasteiger partial charge in [-0.3, -0.25) is 4.99 Å². The second kappa shape index (κ2) is 4.95. The van der Waals surface area contributed by atoms with Crippen LogP contribution in [0.5, 0.6) is 0 Å². The van der Waals surface area contributed by atoms with Crippen LogP contribution in [-0.4, -0.2) is 53.7 Å². The first-order chi connectivity index (χ1) is 11.2. The summed E-state index contributed by atoms with van der Waals surface area (Å²) in [5.74, 6) is 1.72. The Labute approximate surface area is 141 Å². The average Bonchev–Trinajstić information content (AvgIpc) is 3.18. The van der Waals surface area contributed by atoms with Crippen LogP contribution in [0.15, 0.2) is 46.5 Å². The highest BCUT2D eigenvalue weighted by atomic mass is 32.2. The topological polar surface area (TPSA) is 31.7 Å². The largest absolute Gasteiger partial charge is 0.354 e. The Hall–Kier alpha value is -1.59. The van der Waals surface area contributed by atoms with Gasteiger partial charge < -0.3 is 9.80 Å². The maximum absolute atomic E-state index is 5.04. The minimum atomic E-state index is 0.102. The Morgan fingerprint density at radius 1 is 1.22 bits per heavy atom. The third kappa shape index (κ3) is 2.17. The van der Waals surface area contributed by atoms with E-state index in [4.69, 9.17) is 9.98 Å². The van der Waals surface area contributed by atoms with Crippen molar-refractivity contribution in [2.45, 2.75) is 12.0 Å². The van der Waals surface area contributed by atoms with Crippen molar-refractivity contribution < 1.29 is 0 Å². The highest BCUT2D eigenvalue weighted by Gasteiger charge is 2.59. The predicted molar refractivity (Wildman–Crippen MR) is 96.1 cm³/mol. The summed E-state index contributed by atoms with van der Waals surface area (Å²) in [5.41, 5.74) is 1.26. The van der Waals surface area contributed by atoms with Gasteiger partial charge in [-0.2, -0.15) is 0 Å². The van der Waals surface area contributed by atoms with Gasteiger partial charge in [0.05, 0.1) is 0 Å². The van der Waals surface area contributed by atoms with E-state index >= 15 is 0 Å². The minimum Gasteiger partial charge on any atom is -0.354 e. The van der Waals surface area contributed by atoms with Crippen molar-refractivity contribution in [3.63, 3.8) is 0 Å². The van der Waals surface area contributed by atoms with Gasteiger partial charge in [0.25, 0.3) is 0 Å². The number of thioether (sulfide) groups is 1. The number of likely N-dealkylation sites (N-methyl/N-ethyl adjacent to an activating group) is 1. The van der Waals surface area contributed by atoms with Crippen LogP contribution in [0.3, 0.4) is 0 Å². The molecule has 23 heavy (non-hydrogen) atoms. The van der Waals surface area contributed by atoms with E-state index in [2.05, 4.69) is 47.2 Å². The molecule has 0 aromatic carbocycles. The van der Waals surface area contributed by atoms with Gasteiger partial charge in [-0.15, -0.1) is 0 Å². The molecular weight excluding hydrogens is 304 g/mol. The summed E-state index contributed by atoms with van der Waals surface area (Å²) in [6.07, 6.45) is 9.89. The fourth-order valence-electron chi connectivity index (χ4n) is 3.68. The van der Waals surface area contributed by atoms with Crippen LogP contribution in [0.2, 0.25) is 0 Å². The molecule has 5 rings (SSSR count). The fourth-order valence-corrected chi connectivity index (χ4v) is 4.94. The molecule has 2 aliphatic carbocycles. The van der Waals surface area contributed by atoms with E-state index in [1.807, 2.05) is 18.0 Å². The number of hydrogen-bond donors (Lipinski definition) is 0. The quantitative estimate of drug-likeness (QED) is 0.837. The second-order valence-electron chi connectivity index (χ2n) is 6.87. The maximum Gasteiger partial charge on any atom is 0.128 e. The third-order valence-electron chi connectivity index (χ3n) is 5.33. The third-order valence-corrected chi connectivity index (χ3v) is 6.56. The van der Waals surface area contributed by atoms with Gasteiger partial charge in [0.2, 0.25) is 0 Å². The van der Waals surface area contributed by atoms with Crippen molar-refractivity contribution in [2.24, 2.45) is 10.9 Å². The Balaban J connectivity index is 1.36. The van der Waals surface area contributed by atoms with Gasteiger partial charge in [0.1, 0.15) is 16.4 Å². The molecule has 1 spiro atoms. The number of nitrogens with zero attached hydrogens (tertiary/aromatic N) is 4. The van der Waals surface area contributed by atoms with Crippen molar-refractivity contribution in [1.29, 1.82) is 0 Å². The lowest BCUT2D eigenvalue weighted by molar-refractivity contribution is 0.312. The van der Waals surface area contributed by atoms with Crippen LogP contribution in [0.25, 0.3) is 0 Å². The number of rotatable bonds is 2. The summed E-state index contributed by atoms with van der Waals surface area (Å²) in [7, 11) is 2.18. The molecule has 1 aromatic rings.